The van der Waals surface area contributed by atoms with E-state index >= 15 is 0 Å². The van der Waals surface area contributed by atoms with Crippen LogP contribution in [0.15, 0.2) is 18.2 Å². The number of methoxy groups -OCH3 is 2. The molecule has 1 aromatic rings. The highest BCUT2D eigenvalue weighted by atomic mass is 19.1. The van der Waals surface area contributed by atoms with E-state index in [2.05, 4.69) is 0 Å². The van der Waals surface area contributed by atoms with E-state index < -0.39 is 11.4 Å². The molecule has 0 bridgehead atoms. The van der Waals surface area contributed by atoms with Gasteiger partial charge in [0, 0.05) is 7.11 Å². The Morgan fingerprint density at radius 1 is 1.15 bits per heavy atom. The molecule has 0 spiro atoms. The number of ketones is 1. The van der Waals surface area contributed by atoms with Gasteiger partial charge in [0.15, 0.2) is 5.78 Å². The molecule has 1 aromatic carbocycles. The van der Waals surface area contributed by atoms with Crippen LogP contribution in [0.25, 0.3) is 0 Å². The third kappa shape index (κ3) is 2.85. The Kier molecular flexibility index (Phi) is 4.76. The summed E-state index contributed by atoms with van der Waals surface area (Å²) in [4.78, 5) is 12.9. The van der Waals surface area contributed by atoms with Crippen molar-refractivity contribution in [3.05, 3.63) is 29.6 Å². The van der Waals surface area contributed by atoms with Gasteiger partial charge in [-0.3, -0.25) is 4.79 Å². The minimum atomic E-state index is -0.836. The Bertz CT molecular complexity index is 477. The molecule has 0 aromatic heterocycles. The molecule has 2 rings (SSSR count). The van der Waals surface area contributed by atoms with Gasteiger partial charge in [-0.05, 0) is 31.0 Å². The smallest absolute Gasteiger partial charge is 0.198 e. The molecule has 0 atom stereocenters. The molecule has 3 nitrogen and oxygen atoms in total. The number of hydrogen-bond donors (Lipinski definition) is 0. The van der Waals surface area contributed by atoms with Gasteiger partial charge in [0.05, 0.1) is 12.7 Å². The summed E-state index contributed by atoms with van der Waals surface area (Å²) < 4.78 is 24.2. The molecule has 0 radical (unpaired) electrons. The molecule has 0 heterocycles. The van der Waals surface area contributed by atoms with Gasteiger partial charge in [0.2, 0.25) is 0 Å². The van der Waals surface area contributed by atoms with Crippen LogP contribution in [0.4, 0.5) is 4.39 Å². The van der Waals surface area contributed by atoms with E-state index in [4.69, 9.17) is 9.47 Å². The first kappa shape index (κ1) is 15.0. The van der Waals surface area contributed by atoms with Gasteiger partial charge in [-0.15, -0.1) is 0 Å². The zero-order chi connectivity index (χ0) is 14.6. The molecule has 1 aliphatic carbocycles. The highest BCUT2D eigenvalue weighted by molar-refractivity contribution is 6.04. The predicted molar refractivity (Wildman–Crippen MR) is 74.7 cm³/mol. The lowest BCUT2D eigenvalue weighted by atomic mass is 9.85. The van der Waals surface area contributed by atoms with Crippen molar-refractivity contribution in [2.45, 2.75) is 44.1 Å². The molecule has 0 amide bonds. The fraction of sp³-hybridized carbons (Fsp3) is 0.562. The molecule has 1 aliphatic rings. The highest BCUT2D eigenvalue weighted by Crippen LogP contribution is 2.35. The van der Waals surface area contributed by atoms with Crippen molar-refractivity contribution in [3.8, 4) is 5.75 Å². The number of carbonyl (C=O) groups is 1. The molecular weight excluding hydrogens is 259 g/mol. The molecule has 0 unspecified atom stereocenters. The van der Waals surface area contributed by atoms with Crippen LogP contribution in [-0.4, -0.2) is 25.6 Å². The van der Waals surface area contributed by atoms with Crippen molar-refractivity contribution in [1.82, 2.24) is 0 Å². The largest absolute Gasteiger partial charge is 0.496 e. The Hall–Kier alpha value is -1.42. The maximum absolute atomic E-state index is 13.5. The van der Waals surface area contributed by atoms with Gasteiger partial charge in [-0.2, -0.15) is 0 Å². The van der Waals surface area contributed by atoms with Crippen molar-refractivity contribution in [3.63, 3.8) is 0 Å². The van der Waals surface area contributed by atoms with Crippen molar-refractivity contribution in [2.24, 2.45) is 0 Å². The number of hydrogen-bond acceptors (Lipinski definition) is 3. The molecule has 20 heavy (non-hydrogen) atoms. The third-order valence-corrected chi connectivity index (χ3v) is 4.12. The third-order valence-electron chi connectivity index (χ3n) is 4.12. The molecule has 110 valence electrons. The molecule has 0 N–H and O–H groups in total. The predicted octanol–water partition coefficient (Wildman–Crippen LogP) is 3.76. The summed E-state index contributed by atoms with van der Waals surface area (Å²) in [5.41, 5.74) is -0.561. The van der Waals surface area contributed by atoms with Crippen LogP contribution in [0.2, 0.25) is 0 Å². The van der Waals surface area contributed by atoms with Crippen molar-refractivity contribution in [2.75, 3.05) is 14.2 Å². The highest BCUT2D eigenvalue weighted by Gasteiger charge is 2.40. The monoisotopic (exact) mass is 280 g/mol. The molecule has 0 aliphatic heterocycles. The van der Waals surface area contributed by atoms with E-state index in [-0.39, 0.29) is 11.3 Å². The lowest BCUT2D eigenvalue weighted by molar-refractivity contribution is -0.00713. The number of carbonyl (C=O) groups excluding carboxylic acids is 1. The van der Waals surface area contributed by atoms with Gasteiger partial charge in [0.1, 0.15) is 17.2 Å². The lowest BCUT2D eigenvalue weighted by Crippen LogP contribution is -2.40. The summed E-state index contributed by atoms with van der Waals surface area (Å²) in [5, 5.41) is 0. The van der Waals surface area contributed by atoms with Gasteiger partial charge in [-0.1, -0.05) is 25.7 Å². The SMILES string of the molecule is COc1ccc(F)cc1C(=O)C1(OC)CCCCCC1. The van der Waals surface area contributed by atoms with Gasteiger partial charge < -0.3 is 9.47 Å². The average molecular weight is 280 g/mol. The molecule has 1 fully saturated rings. The second kappa shape index (κ2) is 6.35. The zero-order valence-corrected chi connectivity index (χ0v) is 12.1. The Morgan fingerprint density at radius 3 is 2.35 bits per heavy atom. The quantitative estimate of drug-likeness (QED) is 0.622. The second-order valence-electron chi connectivity index (χ2n) is 5.29. The second-order valence-corrected chi connectivity index (χ2v) is 5.29. The van der Waals surface area contributed by atoms with E-state index in [9.17, 15) is 9.18 Å². The Labute approximate surface area is 119 Å². The average Bonchev–Trinajstić information content (AvgIpc) is 2.72. The number of ether oxygens (including phenoxy) is 2. The standard InChI is InChI=1S/C16H21FO3/c1-19-14-8-7-12(17)11-13(14)15(18)16(20-2)9-5-3-4-6-10-16/h7-8,11H,3-6,9-10H2,1-2H3. The zero-order valence-electron chi connectivity index (χ0n) is 12.1. The fourth-order valence-electron chi connectivity index (χ4n) is 2.93. The summed E-state index contributed by atoms with van der Waals surface area (Å²) in [6.07, 6.45) is 5.50. The van der Waals surface area contributed by atoms with Gasteiger partial charge in [-0.25, -0.2) is 4.39 Å². The van der Waals surface area contributed by atoms with Crippen LogP contribution >= 0.6 is 0 Å². The van der Waals surface area contributed by atoms with Crippen molar-refractivity contribution >= 4 is 5.78 Å². The first-order valence-corrected chi connectivity index (χ1v) is 7.06. The van der Waals surface area contributed by atoms with Crippen molar-refractivity contribution < 1.29 is 18.7 Å². The van der Waals surface area contributed by atoms with Crippen LogP contribution in [0.1, 0.15) is 48.9 Å². The fourth-order valence-corrected chi connectivity index (χ4v) is 2.93. The van der Waals surface area contributed by atoms with E-state index in [1.54, 1.807) is 7.11 Å². The number of benzene rings is 1. The normalized spacial score (nSPS) is 18.4. The Balaban J connectivity index is 2.39. The summed E-state index contributed by atoms with van der Waals surface area (Å²) in [6.45, 7) is 0. The van der Waals surface area contributed by atoms with E-state index in [1.165, 1.54) is 25.3 Å². The van der Waals surface area contributed by atoms with Crippen LogP contribution in [0.5, 0.6) is 5.75 Å². The van der Waals surface area contributed by atoms with Gasteiger partial charge in [0.25, 0.3) is 0 Å². The minimum absolute atomic E-state index is 0.168. The van der Waals surface area contributed by atoms with E-state index in [0.29, 0.717) is 18.6 Å². The maximum Gasteiger partial charge on any atom is 0.198 e. The molecule has 0 saturated heterocycles. The maximum atomic E-state index is 13.5. The van der Waals surface area contributed by atoms with Crippen LogP contribution in [-0.2, 0) is 4.74 Å². The van der Waals surface area contributed by atoms with Crippen LogP contribution in [0.3, 0.4) is 0 Å². The summed E-state index contributed by atoms with van der Waals surface area (Å²) >= 11 is 0. The first-order valence-electron chi connectivity index (χ1n) is 7.06. The number of Topliss-reactive ketones (excluding diaryl/α,β-unsaturated/α-hetero) is 1. The number of halogens is 1. The summed E-state index contributed by atoms with van der Waals surface area (Å²) in [5.74, 6) is -0.204. The first-order chi connectivity index (χ1) is 9.63. The lowest BCUT2D eigenvalue weighted by Gasteiger charge is -2.30. The van der Waals surface area contributed by atoms with E-state index in [0.717, 1.165) is 25.7 Å². The van der Waals surface area contributed by atoms with Gasteiger partial charge >= 0.3 is 0 Å². The minimum Gasteiger partial charge on any atom is -0.496 e. The summed E-state index contributed by atoms with van der Waals surface area (Å²) in [6, 6.07) is 4.03. The van der Waals surface area contributed by atoms with Crippen molar-refractivity contribution in [1.29, 1.82) is 0 Å². The molecular formula is C16H21FO3. The Morgan fingerprint density at radius 2 is 1.80 bits per heavy atom. The van der Waals surface area contributed by atoms with E-state index in [1.807, 2.05) is 0 Å². The number of rotatable bonds is 4. The van der Waals surface area contributed by atoms with Crippen LogP contribution in [0, 0.1) is 5.82 Å². The molecule has 1 saturated carbocycles. The molecule has 4 heteroatoms. The topological polar surface area (TPSA) is 35.5 Å². The summed E-state index contributed by atoms with van der Waals surface area (Å²) in [7, 11) is 3.05. The van der Waals surface area contributed by atoms with Crippen LogP contribution < -0.4 is 4.74 Å².